The topological polar surface area (TPSA) is 48.9 Å². The number of rotatable bonds is 2. The minimum atomic E-state index is -4.83. The molecule has 0 unspecified atom stereocenters. The molecule has 0 aliphatic rings. The van der Waals surface area contributed by atoms with Crippen LogP contribution in [0.5, 0.6) is 0 Å². The molecule has 0 aliphatic carbocycles. The Labute approximate surface area is 116 Å². The van der Waals surface area contributed by atoms with Crippen molar-refractivity contribution in [1.82, 2.24) is 9.97 Å². The third-order valence-electron chi connectivity index (χ3n) is 2.90. The van der Waals surface area contributed by atoms with Gasteiger partial charge in [-0.25, -0.2) is 4.98 Å². The standard InChI is InChI=1S/C11H9Cl2F3N2O/c1-2-10(19,11(14,15)16)9-17-7-3-5(12)6(13)4-8(7)18-9/h3-4,19H,2H2,1H3,(H,17,18)/t10-/m0/s1. The lowest BCUT2D eigenvalue weighted by Crippen LogP contribution is -2.42. The van der Waals surface area contributed by atoms with Gasteiger partial charge in [0.25, 0.3) is 0 Å². The highest BCUT2D eigenvalue weighted by Gasteiger charge is 2.55. The van der Waals surface area contributed by atoms with Gasteiger partial charge in [0.05, 0.1) is 21.1 Å². The normalized spacial score (nSPS) is 15.7. The smallest absolute Gasteiger partial charge is 0.374 e. The summed E-state index contributed by atoms with van der Waals surface area (Å²) in [4.78, 5) is 6.19. The number of hydrogen-bond donors (Lipinski definition) is 2. The number of H-pyrrole nitrogens is 1. The Bertz CT molecular complexity index is 587. The van der Waals surface area contributed by atoms with Crippen molar-refractivity contribution in [3.63, 3.8) is 0 Å². The van der Waals surface area contributed by atoms with E-state index in [2.05, 4.69) is 9.97 Å². The summed E-state index contributed by atoms with van der Waals surface area (Å²) in [5.74, 6) is -0.573. The van der Waals surface area contributed by atoms with Gasteiger partial charge in [-0.1, -0.05) is 30.1 Å². The SMILES string of the molecule is CC[C@](O)(c1nc2cc(Cl)c(Cl)cc2[nH]1)C(F)(F)F. The zero-order valence-electron chi connectivity index (χ0n) is 9.65. The third-order valence-corrected chi connectivity index (χ3v) is 3.62. The zero-order chi connectivity index (χ0) is 14.4. The average Bonchev–Trinajstić information content (AvgIpc) is 2.70. The van der Waals surface area contributed by atoms with Gasteiger partial charge in [-0.3, -0.25) is 0 Å². The lowest BCUT2D eigenvalue weighted by Gasteiger charge is -2.26. The molecule has 0 saturated heterocycles. The Hall–Kier alpha value is -0.980. The summed E-state index contributed by atoms with van der Waals surface area (Å²) >= 11 is 11.5. The maximum Gasteiger partial charge on any atom is 0.424 e. The molecule has 0 saturated carbocycles. The molecule has 2 N–H and O–H groups in total. The average molecular weight is 313 g/mol. The highest BCUT2D eigenvalue weighted by molar-refractivity contribution is 6.42. The van der Waals surface area contributed by atoms with Crippen LogP contribution in [0.3, 0.4) is 0 Å². The Morgan fingerprint density at radius 3 is 2.37 bits per heavy atom. The number of aliphatic hydroxyl groups is 1. The quantitative estimate of drug-likeness (QED) is 0.879. The van der Waals surface area contributed by atoms with Crippen molar-refractivity contribution in [3.05, 3.63) is 28.0 Å². The lowest BCUT2D eigenvalue weighted by molar-refractivity contribution is -0.270. The van der Waals surface area contributed by atoms with Crippen molar-refractivity contribution in [2.24, 2.45) is 0 Å². The number of alkyl halides is 3. The maximum atomic E-state index is 12.9. The van der Waals surface area contributed by atoms with E-state index in [1.165, 1.54) is 19.1 Å². The number of aromatic nitrogens is 2. The van der Waals surface area contributed by atoms with Crippen molar-refractivity contribution < 1.29 is 18.3 Å². The summed E-state index contributed by atoms with van der Waals surface area (Å²) < 4.78 is 38.7. The number of hydrogen-bond acceptors (Lipinski definition) is 2. The number of fused-ring (bicyclic) bond motifs is 1. The lowest BCUT2D eigenvalue weighted by atomic mass is 9.99. The Morgan fingerprint density at radius 2 is 1.84 bits per heavy atom. The van der Waals surface area contributed by atoms with Gasteiger partial charge in [0, 0.05) is 0 Å². The van der Waals surface area contributed by atoms with Crippen molar-refractivity contribution in [3.8, 4) is 0 Å². The number of imidazole rings is 1. The molecule has 19 heavy (non-hydrogen) atoms. The van der Waals surface area contributed by atoms with Crippen LogP contribution in [0.25, 0.3) is 11.0 Å². The maximum absolute atomic E-state index is 12.9. The molecule has 104 valence electrons. The first kappa shape index (κ1) is 14.4. The Kier molecular flexibility index (Phi) is 3.45. The molecule has 1 heterocycles. The van der Waals surface area contributed by atoms with E-state index in [9.17, 15) is 18.3 Å². The monoisotopic (exact) mass is 312 g/mol. The number of halogens is 5. The van der Waals surface area contributed by atoms with Crippen LogP contribution in [0.15, 0.2) is 12.1 Å². The van der Waals surface area contributed by atoms with Crippen LogP contribution >= 0.6 is 23.2 Å². The Morgan fingerprint density at radius 1 is 1.26 bits per heavy atom. The van der Waals surface area contributed by atoms with E-state index in [0.717, 1.165) is 0 Å². The van der Waals surface area contributed by atoms with Gasteiger partial charge < -0.3 is 10.1 Å². The number of benzene rings is 1. The highest BCUT2D eigenvalue weighted by atomic mass is 35.5. The van der Waals surface area contributed by atoms with Crippen LogP contribution < -0.4 is 0 Å². The van der Waals surface area contributed by atoms with Gasteiger partial charge in [0.15, 0.2) is 0 Å². The van der Waals surface area contributed by atoms with Crippen LogP contribution in [-0.2, 0) is 5.60 Å². The summed E-state index contributed by atoms with van der Waals surface area (Å²) in [6.45, 7) is 1.22. The van der Waals surface area contributed by atoms with Crippen molar-refractivity contribution in [2.75, 3.05) is 0 Å². The largest absolute Gasteiger partial charge is 0.424 e. The van der Waals surface area contributed by atoms with Crippen molar-refractivity contribution in [1.29, 1.82) is 0 Å². The van der Waals surface area contributed by atoms with Crippen LogP contribution in [-0.4, -0.2) is 21.3 Å². The molecule has 0 fully saturated rings. The minimum absolute atomic E-state index is 0.180. The van der Waals surface area contributed by atoms with Crippen LogP contribution in [0.1, 0.15) is 19.2 Å². The summed E-state index contributed by atoms with van der Waals surface area (Å²) in [5, 5.41) is 10.2. The van der Waals surface area contributed by atoms with E-state index in [1.807, 2.05) is 0 Å². The Balaban J connectivity index is 2.63. The molecule has 0 aliphatic heterocycles. The van der Waals surface area contributed by atoms with Crippen molar-refractivity contribution in [2.45, 2.75) is 25.1 Å². The van der Waals surface area contributed by atoms with Crippen LogP contribution in [0.4, 0.5) is 13.2 Å². The van der Waals surface area contributed by atoms with Gasteiger partial charge in [0.1, 0.15) is 5.82 Å². The van der Waals surface area contributed by atoms with Gasteiger partial charge in [-0.2, -0.15) is 13.2 Å². The number of nitrogens with one attached hydrogen (secondary N) is 1. The molecule has 0 bridgehead atoms. The molecule has 1 aromatic carbocycles. The van der Waals surface area contributed by atoms with Gasteiger partial charge in [-0.05, 0) is 18.6 Å². The molecule has 0 radical (unpaired) electrons. The molecular formula is C11H9Cl2F3N2O. The molecule has 0 amide bonds. The second-order valence-corrected chi connectivity index (χ2v) is 4.89. The highest BCUT2D eigenvalue weighted by Crippen LogP contribution is 2.41. The first-order valence-corrected chi connectivity index (χ1v) is 6.09. The fraction of sp³-hybridized carbons (Fsp3) is 0.364. The third kappa shape index (κ3) is 2.28. The number of aromatic amines is 1. The fourth-order valence-electron chi connectivity index (χ4n) is 1.70. The molecule has 8 heteroatoms. The van der Waals surface area contributed by atoms with Gasteiger partial charge in [-0.15, -0.1) is 0 Å². The van der Waals surface area contributed by atoms with Crippen LogP contribution in [0.2, 0.25) is 10.0 Å². The predicted molar refractivity (Wildman–Crippen MR) is 66.4 cm³/mol. The summed E-state index contributed by atoms with van der Waals surface area (Å²) in [7, 11) is 0. The van der Waals surface area contributed by atoms with E-state index in [1.54, 1.807) is 0 Å². The van der Waals surface area contributed by atoms with Crippen molar-refractivity contribution >= 4 is 34.2 Å². The fourth-order valence-corrected chi connectivity index (χ4v) is 2.02. The molecule has 2 aromatic rings. The van der Waals surface area contributed by atoms with E-state index in [0.29, 0.717) is 0 Å². The van der Waals surface area contributed by atoms with Gasteiger partial charge >= 0.3 is 6.18 Å². The molecule has 1 aromatic heterocycles. The molecule has 2 rings (SSSR count). The summed E-state index contributed by atoms with van der Waals surface area (Å²) in [6.07, 6.45) is -5.39. The molecule has 0 spiro atoms. The second-order valence-electron chi connectivity index (χ2n) is 4.08. The zero-order valence-corrected chi connectivity index (χ0v) is 11.2. The van der Waals surface area contributed by atoms with E-state index in [4.69, 9.17) is 23.2 Å². The minimum Gasteiger partial charge on any atom is -0.374 e. The van der Waals surface area contributed by atoms with Crippen LogP contribution in [0, 0.1) is 0 Å². The first-order valence-electron chi connectivity index (χ1n) is 5.33. The molecular weight excluding hydrogens is 304 g/mol. The van der Waals surface area contributed by atoms with E-state index >= 15 is 0 Å². The van der Waals surface area contributed by atoms with Gasteiger partial charge in [0.2, 0.25) is 5.60 Å². The van der Waals surface area contributed by atoms with E-state index in [-0.39, 0.29) is 21.1 Å². The van der Waals surface area contributed by atoms with E-state index < -0.39 is 24.0 Å². The predicted octanol–water partition coefficient (Wildman–Crippen LogP) is 4.03. The summed E-state index contributed by atoms with van der Waals surface area (Å²) in [5.41, 5.74) is -2.54. The first-order chi connectivity index (χ1) is 8.69. The second kappa shape index (κ2) is 4.54. The molecule has 3 nitrogen and oxygen atoms in total. The summed E-state index contributed by atoms with van der Waals surface area (Å²) in [6, 6.07) is 2.70. The molecule has 1 atom stereocenters. The number of nitrogens with zero attached hydrogens (tertiary/aromatic N) is 1.